The molecule has 1 unspecified atom stereocenters. The summed E-state index contributed by atoms with van der Waals surface area (Å²) in [6, 6.07) is 8.64. The highest BCUT2D eigenvalue weighted by molar-refractivity contribution is 5.87. The fourth-order valence-electron chi connectivity index (χ4n) is 1.90. The molecule has 1 heterocycles. The summed E-state index contributed by atoms with van der Waals surface area (Å²) in [6.07, 6.45) is 1.68. The predicted molar refractivity (Wildman–Crippen MR) is 65.8 cm³/mol. The van der Waals surface area contributed by atoms with Crippen molar-refractivity contribution >= 4 is 16.9 Å². The van der Waals surface area contributed by atoms with Crippen LogP contribution in [0.15, 0.2) is 36.5 Å². The Labute approximate surface area is 99.3 Å². The zero-order valence-electron chi connectivity index (χ0n) is 9.55. The summed E-state index contributed by atoms with van der Waals surface area (Å²) in [4.78, 5) is 15.5. The average Bonchev–Trinajstić information content (AvgIpc) is 2.35. The Kier molecular flexibility index (Phi) is 3.35. The van der Waals surface area contributed by atoms with E-state index in [-0.39, 0.29) is 0 Å². The second-order valence-corrected chi connectivity index (χ2v) is 3.75. The van der Waals surface area contributed by atoms with E-state index in [0.29, 0.717) is 12.1 Å². The molecule has 0 aliphatic heterocycles. The van der Waals surface area contributed by atoms with Gasteiger partial charge in [-0.3, -0.25) is 9.78 Å². The van der Waals surface area contributed by atoms with E-state index in [0.717, 1.165) is 10.9 Å². The second-order valence-electron chi connectivity index (χ2n) is 3.75. The number of likely N-dealkylation sites (N-methyl/N-ethyl adjacent to an activating group) is 1. The number of para-hydroxylation sites is 1. The van der Waals surface area contributed by atoms with E-state index < -0.39 is 12.0 Å². The van der Waals surface area contributed by atoms with Crippen molar-refractivity contribution in [1.29, 1.82) is 0 Å². The van der Waals surface area contributed by atoms with Crippen molar-refractivity contribution in [1.82, 2.24) is 10.3 Å². The number of carboxylic acids is 1. The summed E-state index contributed by atoms with van der Waals surface area (Å²) in [6.45, 7) is 2.48. The van der Waals surface area contributed by atoms with E-state index in [1.807, 2.05) is 31.2 Å². The van der Waals surface area contributed by atoms with Gasteiger partial charge in [-0.05, 0) is 12.6 Å². The molecule has 0 amide bonds. The van der Waals surface area contributed by atoms with Crippen molar-refractivity contribution in [3.63, 3.8) is 0 Å². The maximum Gasteiger partial charge on any atom is 0.325 e. The monoisotopic (exact) mass is 230 g/mol. The van der Waals surface area contributed by atoms with E-state index in [4.69, 9.17) is 0 Å². The molecule has 2 aromatic rings. The molecule has 2 rings (SSSR count). The second kappa shape index (κ2) is 4.93. The molecule has 1 atom stereocenters. The van der Waals surface area contributed by atoms with Crippen LogP contribution >= 0.6 is 0 Å². The van der Waals surface area contributed by atoms with Gasteiger partial charge in [-0.1, -0.05) is 31.2 Å². The molecule has 0 aliphatic carbocycles. The number of carbonyl (C=O) groups is 1. The Morgan fingerprint density at radius 2 is 2.18 bits per heavy atom. The molecule has 1 aromatic carbocycles. The fourth-order valence-corrected chi connectivity index (χ4v) is 1.90. The number of benzene rings is 1. The van der Waals surface area contributed by atoms with Gasteiger partial charge in [-0.25, -0.2) is 0 Å². The van der Waals surface area contributed by atoms with Crippen LogP contribution < -0.4 is 5.32 Å². The minimum atomic E-state index is -0.884. The van der Waals surface area contributed by atoms with Gasteiger partial charge in [0.15, 0.2) is 0 Å². The largest absolute Gasteiger partial charge is 0.480 e. The lowest BCUT2D eigenvalue weighted by Crippen LogP contribution is -2.28. The van der Waals surface area contributed by atoms with Crippen molar-refractivity contribution in [3.05, 3.63) is 42.1 Å². The summed E-state index contributed by atoms with van der Waals surface area (Å²) in [5.41, 5.74) is 1.45. The van der Waals surface area contributed by atoms with E-state index in [2.05, 4.69) is 10.3 Å². The molecule has 17 heavy (non-hydrogen) atoms. The first-order chi connectivity index (χ1) is 8.24. The van der Waals surface area contributed by atoms with Gasteiger partial charge in [0.25, 0.3) is 0 Å². The van der Waals surface area contributed by atoms with Crippen LogP contribution in [0.5, 0.6) is 0 Å². The van der Waals surface area contributed by atoms with Crippen molar-refractivity contribution in [2.24, 2.45) is 0 Å². The SMILES string of the molecule is CCNC(C(=O)O)c1cccc2cccnc12. The van der Waals surface area contributed by atoms with Crippen molar-refractivity contribution < 1.29 is 9.90 Å². The summed E-state index contributed by atoms with van der Waals surface area (Å²) in [5, 5.41) is 13.1. The quantitative estimate of drug-likeness (QED) is 0.843. The molecular formula is C13H14N2O2. The number of fused-ring (bicyclic) bond motifs is 1. The number of nitrogens with one attached hydrogen (secondary N) is 1. The van der Waals surface area contributed by atoms with Crippen LogP contribution in [0.3, 0.4) is 0 Å². The van der Waals surface area contributed by atoms with Crippen LogP contribution in [-0.4, -0.2) is 22.6 Å². The van der Waals surface area contributed by atoms with Gasteiger partial charge in [0.05, 0.1) is 5.52 Å². The maximum absolute atomic E-state index is 11.2. The Balaban J connectivity index is 2.56. The first kappa shape index (κ1) is 11.5. The van der Waals surface area contributed by atoms with Crippen molar-refractivity contribution in [3.8, 4) is 0 Å². The third-order valence-corrected chi connectivity index (χ3v) is 2.63. The van der Waals surface area contributed by atoms with Crippen molar-refractivity contribution in [2.45, 2.75) is 13.0 Å². The standard InChI is InChI=1S/C13H14N2O2/c1-2-14-12(13(16)17)10-7-3-5-9-6-4-8-15-11(9)10/h3-8,12,14H,2H2,1H3,(H,16,17). The molecule has 4 heteroatoms. The van der Waals surface area contributed by atoms with Gasteiger partial charge >= 0.3 is 5.97 Å². The Morgan fingerprint density at radius 1 is 1.41 bits per heavy atom. The molecule has 0 radical (unpaired) electrons. The van der Waals surface area contributed by atoms with Crippen LogP contribution in [0, 0.1) is 0 Å². The van der Waals surface area contributed by atoms with Gasteiger partial charge in [-0.15, -0.1) is 0 Å². The van der Waals surface area contributed by atoms with Gasteiger partial charge in [0, 0.05) is 17.1 Å². The lowest BCUT2D eigenvalue weighted by molar-refractivity contribution is -0.139. The van der Waals surface area contributed by atoms with Crippen LogP contribution in [-0.2, 0) is 4.79 Å². The van der Waals surface area contributed by atoms with E-state index in [1.54, 1.807) is 12.3 Å². The average molecular weight is 230 g/mol. The van der Waals surface area contributed by atoms with Crippen LogP contribution in [0.2, 0.25) is 0 Å². The van der Waals surface area contributed by atoms with Gasteiger partial charge in [-0.2, -0.15) is 0 Å². The molecule has 88 valence electrons. The molecule has 1 aromatic heterocycles. The number of pyridine rings is 1. The number of rotatable bonds is 4. The summed E-state index contributed by atoms with van der Waals surface area (Å²) < 4.78 is 0. The highest BCUT2D eigenvalue weighted by Crippen LogP contribution is 2.22. The highest BCUT2D eigenvalue weighted by atomic mass is 16.4. The molecule has 0 bridgehead atoms. The summed E-state index contributed by atoms with van der Waals surface area (Å²) in [5.74, 6) is -0.884. The van der Waals surface area contributed by atoms with E-state index in [1.165, 1.54) is 0 Å². The molecule has 0 aliphatic rings. The normalized spacial score (nSPS) is 12.5. The summed E-state index contributed by atoms with van der Waals surface area (Å²) in [7, 11) is 0. The molecular weight excluding hydrogens is 216 g/mol. The first-order valence-corrected chi connectivity index (χ1v) is 5.54. The molecule has 2 N–H and O–H groups in total. The van der Waals surface area contributed by atoms with Gasteiger partial charge in [0.2, 0.25) is 0 Å². The smallest absolute Gasteiger partial charge is 0.325 e. The third-order valence-electron chi connectivity index (χ3n) is 2.63. The minimum absolute atomic E-state index is 0.597. The van der Waals surface area contributed by atoms with Crippen LogP contribution in [0.1, 0.15) is 18.5 Å². The van der Waals surface area contributed by atoms with Crippen LogP contribution in [0.25, 0.3) is 10.9 Å². The molecule has 0 fully saturated rings. The maximum atomic E-state index is 11.2. The first-order valence-electron chi connectivity index (χ1n) is 5.54. The van der Waals surface area contributed by atoms with Gasteiger partial charge in [0.1, 0.15) is 6.04 Å². The number of hydrogen-bond acceptors (Lipinski definition) is 3. The molecule has 0 saturated carbocycles. The number of hydrogen-bond donors (Lipinski definition) is 2. The molecule has 0 saturated heterocycles. The Morgan fingerprint density at radius 3 is 2.88 bits per heavy atom. The Bertz CT molecular complexity index is 534. The highest BCUT2D eigenvalue weighted by Gasteiger charge is 2.20. The van der Waals surface area contributed by atoms with E-state index >= 15 is 0 Å². The van der Waals surface area contributed by atoms with E-state index in [9.17, 15) is 9.90 Å². The zero-order chi connectivity index (χ0) is 12.3. The van der Waals surface area contributed by atoms with Gasteiger partial charge < -0.3 is 10.4 Å². The fraction of sp³-hybridized carbons (Fsp3) is 0.231. The molecule has 0 spiro atoms. The molecule has 4 nitrogen and oxygen atoms in total. The zero-order valence-corrected chi connectivity index (χ0v) is 9.55. The van der Waals surface area contributed by atoms with Crippen molar-refractivity contribution in [2.75, 3.05) is 6.54 Å². The Hall–Kier alpha value is -1.94. The lowest BCUT2D eigenvalue weighted by Gasteiger charge is -2.15. The minimum Gasteiger partial charge on any atom is -0.480 e. The van der Waals surface area contributed by atoms with Crippen LogP contribution in [0.4, 0.5) is 0 Å². The third kappa shape index (κ3) is 2.26. The topological polar surface area (TPSA) is 62.2 Å². The number of aliphatic carboxylic acids is 1. The number of aromatic nitrogens is 1. The lowest BCUT2D eigenvalue weighted by atomic mass is 10.0. The number of nitrogens with zero attached hydrogens (tertiary/aromatic N) is 1. The summed E-state index contributed by atoms with van der Waals surface area (Å²) >= 11 is 0. The number of carboxylic acid groups (broad SMARTS) is 1. The predicted octanol–water partition coefficient (Wildman–Crippen LogP) is 1.97.